The number of hydrogen-bond acceptors (Lipinski definition) is 2. The Hall–Kier alpha value is -1.35. The lowest BCUT2D eigenvalue weighted by Gasteiger charge is -2.39. The van der Waals surface area contributed by atoms with Crippen LogP contribution in [0.15, 0.2) is 35.5 Å². The van der Waals surface area contributed by atoms with Crippen LogP contribution >= 0.6 is 0 Å². The normalized spacial score (nSPS) is 30.6. The van der Waals surface area contributed by atoms with Crippen molar-refractivity contribution in [3.8, 4) is 0 Å². The summed E-state index contributed by atoms with van der Waals surface area (Å²) in [5.74, 6) is -0.604. The number of carboxylic acid groups (broad SMARTS) is 1. The van der Waals surface area contributed by atoms with Crippen LogP contribution in [0.1, 0.15) is 48.0 Å². The average Bonchev–Trinajstić information content (AvgIpc) is 2.35. The first kappa shape index (κ1) is 18.7. The lowest BCUT2D eigenvalue weighted by molar-refractivity contribution is -0.131. The summed E-state index contributed by atoms with van der Waals surface area (Å²) in [4.78, 5) is 10.6. The molecule has 0 heterocycles. The van der Waals surface area contributed by atoms with Crippen molar-refractivity contribution in [2.45, 2.75) is 54.1 Å². The first-order valence-corrected chi connectivity index (χ1v) is 7.23. The lowest BCUT2D eigenvalue weighted by atomic mass is 9.66. The highest BCUT2D eigenvalue weighted by molar-refractivity contribution is 5.81. The molecule has 0 saturated heterocycles. The maximum atomic E-state index is 10.6. The Labute approximate surface area is 122 Å². The third kappa shape index (κ3) is 4.97. The third-order valence-electron chi connectivity index (χ3n) is 3.95. The van der Waals surface area contributed by atoms with Crippen molar-refractivity contribution in [1.29, 1.82) is 0 Å². The predicted octanol–water partition coefficient (Wildman–Crippen LogP) is 3.95. The van der Waals surface area contributed by atoms with E-state index in [0.717, 1.165) is 17.6 Å². The summed E-state index contributed by atoms with van der Waals surface area (Å²) in [6.45, 7) is 12.0. The maximum absolute atomic E-state index is 10.6. The van der Waals surface area contributed by atoms with Gasteiger partial charge in [0.25, 0.3) is 0 Å². The van der Waals surface area contributed by atoms with Gasteiger partial charge in [0.05, 0.1) is 6.10 Å². The van der Waals surface area contributed by atoms with E-state index >= 15 is 0 Å². The second kappa shape index (κ2) is 8.05. The van der Waals surface area contributed by atoms with Gasteiger partial charge in [-0.15, -0.1) is 0 Å². The molecule has 2 unspecified atom stereocenters. The highest BCUT2D eigenvalue weighted by Crippen LogP contribution is 2.43. The van der Waals surface area contributed by atoms with E-state index in [1.807, 2.05) is 39.0 Å². The summed E-state index contributed by atoms with van der Waals surface area (Å²) in [6.07, 6.45) is 7.35. The fraction of sp³-hybridized carbons (Fsp3) is 0.588. The molecule has 20 heavy (non-hydrogen) atoms. The molecule has 0 aromatic heterocycles. The van der Waals surface area contributed by atoms with Gasteiger partial charge in [-0.3, -0.25) is 0 Å². The summed E-state index contributed by atoms with van der Waals surface area (Å²) < 4.78 is 0. The quantitative estimate of drug-likeness (QED) is 0.467. The van der Waals surface area contributed by atoms with Crippen LogP contribution in [0.2, 0.25) is 0 Å². The molecule has 0 amide bonds. The zero-order valence-electron chi connectivity index (χ0n) is 13.5. The molecule has 1 rings (SSSR count). The number of carboxylic acids is 1. The van der Waals surface area contributed by atoms with Gasteiger partial charge in [0.2, 0.25) is 0 Å². The van der Waals surface area contributed by atoms with Gasteiger partial charge in [0.15, 0.2) is 0 Å². The van der Waals surface area contributed by atoms with E-state index in [9.17, 15) is 9.90 Å². The van der Waals surface area contributed by atoms with E-state index in [1.54, 1.807) is 6.92 Å². The molecule has 3 nitrogen and oxygen atoms in total. The van der Waals surface area contributed by atoms with Crippen LogP contribution in [0.5, 0.6) is 0 Å². The molecule has 0 fully saturated rings. The number of aliphatic hydroxyl groups is 1. The summed E-state index contributed by atoms with van der Waals surface area (Å²) in [7, 11) is 0. The molecule has 1 aliphatic carbocycles. The van der Waals surface area contributed by atoms with Gasteiger partial charge < -0.3 is 10.2 Å². The molecule has 0 spiro atoms. The van der Waals surface area contributed by atoms with Gasteiger partial charge in [-0.25, -0.2) is 4.79 Å². The van der Waals surface area contributed by atoms with Crippen molar-refractivity contribution in [2.75, 3.05) is 0 Å². The summed E-state index contributed by atoms with van der Waals surface area (Å²) in [5, 5.41) is 18.4. The van der Waals surface area contributed by atoms with Gasteiger partial charge in [0.1, 0.15) is 0 Å². The van der Waals surface area contributed by atoms with Gasteiger partial charge in [0, 0.05) is 11.5 Å². The minimum atomic E-state index is -0.929. The molecule has 1 aliphatic rings. The highest BCUT2D eigenvalue weighted by Gasteiger charge is 2.35. The van der Waals surface area contributed by atoms with E-state index in [1.165, 1.54) is 6.08 Å². The molecule has 114 valence electrons. The first-order chi connectivity index (χ1) is 9.25. The molecular formula is C17H28O3. The number of allylic oxidation sites excluding steroid dienone is 4. The fourth-order valence-electron chi connectivity index (χ4n) is 2.38. The van der Waals surface area contributed by atoms with Gasteiger partial charge in [-0.05, 0) is 31.8 Å². The summed E-state index contributed by atoms with van der Waals surface area (Å²) >= 11 is 0. The molecular weight excluding hydrogens is 252 g/mol. The fourth-order valence-corrected chi connectivity index (χ4v) is 2.38. The standard InChI is InChI=1S/C15H22O3.C2H6/c1-10(7-14(17)18)5-6-15(4)11(2)8-13(16)9-12(15)3;1-2/h5-8,12-13,16H,9H2,1-4H3,(H,17,18);1-2H3/b6-5+,10-7-;/t12?,13?,15-;/m0./s1. The molecule has 3 atom stereocenters. The Morgan fingerprint density at radius 2 is 2.00 bits per heavy atom. The number of carbonyl (C=O) groups is 1. The number of aliphatic hydroxyl groups excluding tert-OH is 1. The van der Waals surface area contributed by atoms with Crippen LogP contribution in [0.25, 0.3) is 0 Å². The number of aliphatic carboxylic acids is 1. The Balaban J connectivity index is 0.00000172. The minimum Gasteiger partial charge on any atom is -0.478 e. The monoisotopic (exact) mass is 280 g/mol. The molecule has 0 aromatic carbocycles. The van der Waals surface area contributed by atoms with Crippen molar-refractivity contribution < 1.29 is 15.0 Å². The first-order valence-electron chi connectivity index (χ1n) is 7.23. The van der Waals surface area contributed by atoms with E-state index in [4.69, 9.17) is 5.11 Å². The van der Waals surface area contributed by atoms with E-state index in [-0.39, 0.29) is 11.5 Å². The Morgan fingerprint density at radius 3 is 2.45 bits per heavy atom. The third-order valence-corrected chi connectivity index (χ3v) is 3.95. The summed E-state index contributed by atoms with van der Waals surface area (Å²) in [6, 6.07) is 0. The van der Waals surface area contributed by atoms with Gasteiger partial charge in [-0.1, -0.05) is 51.5 Å². The van der Waals surface area contributed by atoms with Crippen LogP contribution < -0.4 is 0 Å². The van der Waals surface area contributed by atoms with Crippen LogP contribution in [0.3, 0.4) is 0 Å². The lowest BCUT2D eigenvalue weighted by Crippen LogP contribution is -2.32. The molecule has 0 radical (unpaired) electrons. The number of rotatable bonds is 3. The second-order valence-electron chi connectivity index (χ2n) is 5.40. The predicted molar refractivity (Wildman–Crippen MR) is 83.5 cm³/mol. The second-order valence-corrected chi connectivity index (χ2v) is 5.40. The summed E-state index contributed by atoms with van der Waals surface area (Å²) in [5.41, 5.74) is 1.73. The van der Waals surface area contributed by atoms with Crippen LogP contribution in [0.4, 0.5) is 0 Å². The van der Waals surface area contributed by atoms with Crippen LogP contribution in [-0.4, -0.2) is 22.3 Å². The zero-order valence-corrected chi connectivity index (χ0v) is 13.5. The van der Waals surface area contributed by atoms with Gasteiger partial charge >= 0.3 is 5.97 Å². The van der Waals surface area contributed by atoms with Crippen molar-refractivity contribution in [2.24, 2.45) is 11.3 Å². The Kier molecular flexibility index (Phi) is 7.51. The molecule has 0 bridgehead atoms. The van der Waals surface area contributed by atoms with Crippen molar-refractivity contribution in [3.05, 3.63) is 35.5 Å². The highest BCUT2D eigenvalue weighted by atomic mass is 16.4. The van der Waals surface area contributed by atoms with Gasteiger partial charge in [-0.2, -0.15) is 0 Å². The Morgan fingerprint density at radius 1 is 1.45 bits per heavy atom. The van der Waals surface area contributed by atoms with Crippen LogP contribution in [-0.2, 0) is 4.79 Å². The Bertz CT molecular complexity index is 418. The van der Waals surface area contributed by atoms with E-state index in [2.05, 4.69) is 13.8 Å². The molecule has 0 aromatic rings. The SMILES string of the molecule is CC.CC1=CC(O)CC(C)[C@@]1(C)/C=C/C(C)=C\C(=O)O. The average molecular weight is 280 g/mol. The van der Waals surface area contributed by atoms with E-state index < -0.39 is 5.97 Å². The van der Waals surface area contributed by atoms with E-state index in [0.29, 0.717) is 5.92 Å². The topological polar surface area (TPSA) is 57.5 Å². The largest absolute Gasteiger partial charge is 0.478 e. The molecule has 0 aliphatic heterocycles. The molecule has 0 saturated carbocycles. The number of hydrogen-bond donors (Lipinski definition) is 2. The van der Waals surface area contributed by atoms with Crippen LogP contribution in [0, 0.1) is 11.3 Å². The maximum Gasteiger partial charge on any atom is 0.328 e. The smallest absolute Gasteiger partial charge is 0.328 e. The molecule has 3 heteroatoms. The van der Waals surface area contributed by atoms with Crippen molar-refractivity contribution in [3.63, 3.8) is 0 Å². The zero-order chi connectivity index (χ0) is 15.9. The molecule has 2 N–H and O–H groups in total. The van der Waals surface area contributed by atoms with Crippen molar-refractivity contribution in [1.82, 2.24) is 0 Å². The minimum absolute atomic E-state index is 0.118. The van der Waals surface area contributed by atoms with Crippen molar-refractivity contribution >= 4 is 5.97 Å².